The van der Waals surface area contributed by atoms with Crippen LogP contribution in [-0.2, 0) is 6.42 Å². The van der Waals surface area contributed by atoms with E-state index in [0.717, 1.165) is 5.56 Å². The number of phenolic OH excluding ortho intramolecular Hbond substituents is 2. The summed E-state index contributed by atoms with van der Waals surface area (Å²) in [6.07, 6.45) is 0.417. The summed E-state index contributed by atoms with van der Waals surface area (Å²) >= 11 is 0. The van der Waals surface area contributed by atoms with Gasteiger partial charge < -0.3 is 24.4 Å². The van der Waals surface area contributed by atoms with E-state index in [9.17, 15) is 15.0 Å². The number of carbonyl (C=O) groups excluding carboxylic acids is 1. The van der Waals surface area contributed by atoms with Gasteiger partial charge >= 0.3 is 0 Å². The molecule has 0 aliphatic carbocycles. The van der Waals surface area contributed by atoms with Crippen molar-refractivity contribution in [3.05, 3.63) is 41.5 Å². The molecule has 1 aliphatic heterocycles. The van der Waals surface area contributed by atoms with Gasteiger partial charge in [0.05, 0.1) is 26.7 Å². The average molecular weight is 330 g/mol. The van der Waals surface area contributed by atoms with Crippen LogP contribution in [0.15, 0.2) is 30.3 Å². The molecule has 126 valence electrons. The number of Topliss-reactive ketones (excluding diaryl/α,β-unsaturated/α-hetero) is 1. The predicted molar refractivity (Wildman–Crippen MR) is 86.3 cm³/mol. The third-order valence-corrected chi connectivity index (χ3v) is 4.07. The van der Waals surface area contributed by atoms with Crippen molar-refractivity contribution in [2.45, 2.75) is 6.42 Å². The van der Waals surface area contributed by atoms with Gasteiger partial charge in [0.25, 0.3) is 0 Å². The fraction of sp³-hybridized carbons (Fsp3) is 0.278. The number of aromatic hydroxyl groups is 2. The van der Waals surface area contributed by atoms with Gasteiger partial charge in [0.15, 0.2) is 17.3 Å². The molecule has 1 unspecified atom stereocenters. The van der Waals surface area contributed by atoms with E-state index in [1.807, 2.05) is 0 Å². The van der Waals surface area contributed by atoms with Gasteiger partial charge in [-0.1, -0.05) is 6.07 Å². The van der Waals surface area contributed by atoms with Crippen molar-refractivity contribution >= 4 is 5.78 Å². The molecule has 0 saturated carbocycles. The zero-order chi connectivity index (χ0) is 17.3. The fourth-order valence-electron chi connectivity index (χ4n) is 2.81. The summed E-state index contributed by atoms with van der Waals surface area (Å²) in [6.45, 7) is 0.210. The zero-order valence-electron chi connectivity index (χ0n) is 13.4. The summed E-state index contributed by atoms with van der Waals surface area (Å²) in [4.78, 5) is 12.7. The average Bonchev–Trinajstić information content (AvgIpc) is 2.58. The van der Waals surface area contributed by atoms with E-state index in [1.54, 1.807) is 18.2 Å². The second kappa shape index (κ2) is 6.31. The summed E-state index contributed by atoms with van der Waals surface area (Å²) in [5.41, 5.74) is 1.01. The first kappa shape index (κ1) is 16.0. The Labute approximate surface area is 139 Å². The molecule has 0 bridgehead atoms. The molecule has 0 spiro atoms. The number of hydrogen-bond donors (Lipinski definition) is 2. The van der Waals surface area contributed by atoms with Gasteiger partial charge in [0.1, 0.15) is 22.8 Å². The highest BCUT2D eigenvalue weighted by Gasteiger charge is 2.32. The second-order valence-corrected chi connectivity index (χ2v) is 5.60. The third-order valence-electron chi connectivity index (χ3n) is 4.07. The highest BCUT2D eigenvalue weighted by Crippen LogP contribution is 2.39. The van der Waals surface area contributed by atoms with E-state index < -0.39 is 5.92 Å². The van der Waals surface area contributed by atoms with Crippen LogP contribution in [0.25, 0.3) is 0 Å². The maximum absolute atomic E-state index is 12.7. The van der Waals surface area contributed by atoms with Crippen LogP contribution in [0.1, 0.15) is 15.9 Å². The molecule has 2 aromatic rings. The molecule has 2 N–H and O–H groups in total. The quantitative estimate of drug-likeness (QED) is 0.896. The molecule has 0 amide bonds. The molecular weight excluding hydrogens is 312 g/mol. The molecule has 6 heteroatoms. The van der Waals surface area contributed by atoms with Crippen LogP contribution in [0.5, 0.6) is 28.7 Å². The Kier molecular flexibility index (Phi) is 4.20. The lowest BCUT2D eigenvalue weighted by Gasteiger charge is -2.25. The van der Waals surface area contributed by atoms with Crippen LogP contribution in [-0.4, -0.2) is 36.8 Å². The molecule has 3 rings (SSSR count). The van der Waals surface area contributed by atoms with Crippen molar-refractivity contribution in [1.82, 2.24) is 0 Å². The number of phenols is 2. The van der Waals surface area contributed by atoms with Gasteiger partial charge in [-0.15, -0.1) is 0 Å². The van der Waals surface area contributed by atoms with Crippen molar-refractivity contribution in [3.63, 3.8) is 0 Å². The van der Waals surface area contributed by atoms with Crippen molar-refractivity contribution < 1.29 is 29.2 Å². The molecule has 0 aromatic heterocycles. The monoisotopic (exact) mass is 330 g/mol. The number of ether oxygens (including phenoxy) is 3. The van der Waals surface area contributed by atoms with E-state index in [-0.39, 0.29) is 29.5 Å². The lowest BCUT2D eigenvalue weighted by Crippen LogP contribution is -2.29. The highest BCUT2D eigenvalue weighted by atomic mass is 16.5. The topological polar surface area (TPSA) is 85.2 Å². The van der Waals surface area contributed by atoms with Gasteiger partial charge in [0, 0.05) is 12.1 Å². The molecule has 0 saturated heterocycles. The molecule has 1 aliphatic rings. The zero-order valence-corrected chi connectivity index (χ0v) is 13.4. The summed E-state index contributed by atoms with van der Waals surface area (Å²) in [7, 11) is 2.95. The lowest BCUT2D eigenvalue weighted by atomic mass is 9.89. The summed E-state index contributed by atoms with van der Waals surface area (Å²) in [6, 6.07) is 7.93. The highest BCUT2D eigenvalue weighted by molar-refractivity contribution is 6.04. The second-order valence-electron chi connectivity index (χ2n) is 5.60. The number of fused-ring (bicyclic) bond motifs is 1. The minimum Gasteiger partial charge on any atom is -0.507 e. The molecule has 1 heterocycles. The molecule has 0 fully saturated rings. The summed E-state index contributed by atoms with van der Waals surface area (Å²) < 4.78 is 15.8. The van der Waals surface area contributed by atoms with Crippen molar-refractivity contribution in [3.8, 4) is 28.7 Å². The van der Waals surface area contributed by atoms with Gasteiger partial charge in [-0.25, -0.2) is 0 Å². The van der Waals surface area contributed by atoms with E-state index in [2.05, 4.69) is 0 Å². The van der Waals surface area contributed by atoms with Crippen LogP contribution >= 0.6 is 0 Å². The Morgan fingerprint density at radius 1 is 1.12 bits per heavy atom. The number of benzene rings is 2. The van der Waals surface area contributed by atoms with E-state index >= 15 is 0 Å². The molecule has 24 heavy (non-hydrogen) atoms. The van der Waals surface area contributed by atoms with Crippen LogP contribution in [0.3, 0.4) is 0 Å². The summed E-state index contributed by atoms with van der Waals surface area (Å²) in [5.74, 6) is 0.404. The number of methoxy groups -OCH3 is 2. The van der Waals surface area contributed by atoms with Crippen molar-refractivity contribution in [1.29, 1.82) is 0 Å². The van der Waals surface area contributed by atoms with Crippen LogP contribution < -0.4 is 14.2 Å². The Morgan fingerprint density at radius 2 is 1.92 bits per heavy atom. The minimum absolute atomic E-state index is 0.0440. The maximum atomic E-state index is 12.7. The number of hydrogen-bond acceptors (Lipinski definition) is 6. The Hall–Kier alpha value is -2.89. The first-order valence-electron chi connectivity index (χ1n) is 7.47. The van der Waals surface area contributed by atoms with Gasteiger partial charge in [-0.05, 0) is 24.1 Å². The van der Waals surface area contributed by atoms with Crippen molar-refractivity contribution in [2.24, 2.45) is 5.92 Å². The van der Waals surface area contributed by atoms with Gasteiger partial charge in [-0.2, -0.15) is 0 Å². The predicted octanol–water partition coefficient (Wildman–Crippen LogP) is 2.55. The van der Waals surface area contributed by atoms with E-state index in [1.165, 1.54) is 26.4 Å². The maximum Gasteiger partial charge on any atom is 0.177 e. The van der Waals surface area contributed by atoms with Crippen LogP contribution in [0.4, 0.5) is 0 Å². The largest absolute Gasteiger partial charge is 0.507 e. The normalized spacial score (nSPS) is 16.2. The SMILES string of the molecule is COc1cc(O)c2c(c1)OCC(Cc1ccc(O)c(OC)c1)C2=O. The number of ketones is 1. The molecule has 1 atom stereocenters. The van der Waals surface area contributed by atoms with E-state index in [0.29, 0.717) is 23.7 Å². The first-order chi connectivity index (χ1) is 11.5. The first-order valence-corrected chi connectivity index (χ1v) is 7.47. The molecule has 6 nitrogen and oxygen atoms in total. The van der Waals surface area contributed by atoms with E-state index in [4.69, 9.17) is 14.2 Å². The van der Waals surface area contributed by atoms with Crippen LogP contribution in [0, 0.1) is 5.92 Å². The van der Waals surface area contributed by atoms with Crippen molar-refractivity contribution in [2.75, 3.05) is 20.8 Å². The Morgan fingerprint density at radius 3 is 2.62 bits per heavy atom. The van der Waals surface area contributed by atoms with Gasteiger partial charge in [-0.3, -0.25) is 4.79 Å². The summed E-state index contributed by atoms with van der Waals surface area (Å²) in [5, 5.41) is 19.8. The molecule has 2 aromatic carbocycles. The third kappa shape index (κ3) is 2.82. The minimum atomic E-state index is -0.425. The smallest absolute Gasteiger partial charge is 0.177 e. The lowest BCUT2D eigenvalue weighted by molar-refractivity contribution is 0.0825. The number of rotatable bonds is 4. The fourth-order valence-corrected chi connectivity index (χ4v) is 2.81. The number of carbonyl (C=O) groups is 1. The van der Waals surface area contributed by atoms with Crippen LogP contribution in [0.2, 0.25) is 0 Å². The Balaban J connectivity index is 1.86. The Bertz CT molecular complexity index is 783. The molecule has 0 radical (unpaired) electrons. The molecular formula is C18H18O6. The van der Waals surface area contributed by atoms with Gasteiger partial charge in [0.2, 0.25) is 0 Å². The standard InChI is InChI=1S/C18H18O6/c1-22-12-7-14(20)17-16(8-12)24-9-11(18(17)21)5-10-3-4-13(19)15(6-10)23-2/h3-4,6-8,11,19-20H,5,9H2,1-2H3.